The molecule has 1 unspecified atom stereocenters. The van der Waals surface area contributed by atoms with Crippen LogP contribution in [0.15, 0.2) is 24.3 Å². The molecule has 1 atom stereocenters. The first-order chi connectivity index (χ1) is 8.14. The molecule has 1 fully saturated rings. The number of rotatable bonds is 3. The van der Waals surface area contributed by atoms with Gasteiger partial charge < -0.3 is 10.6 Å². The lowest BCUT2D eigenvalue weighted by Crippen LogP contribution is -2.35. The third-order valence-electron chi connectivity index (χ3n) is 3.54. The molecule has 0 bridgehead atoms. The molecule has 1 saturated heterocycles. The van der Waals surface area contributed by atoms with Crippen LogP contribution in [0.3, 0.4) is 0 Å². The number of hydrogen-bond acceptors (Lipinski definition) is 2. The van der Waals surface area contributed by atoms with E-state index in [0.29, 0.717) is 0 Å². The monoisotopic (exact) mass is 268 g/mol. The molecule has 1 aliphatic heterocycles. The zero-order chi connectivity index (χ0) is 12.3. The minimum absolute atomic E-state index is 0. The molecule has 0 radical (unpaired) electrons. The molecule has 1 heterocycles. The normalized spacial score (nSPS) is 22.3. The predicted molar refractivity (Wildman–Crippen MR) is 77.3 cm³/mol. The number of benzene rings is 1. The molecule has 1 aromatic carbocycles. The number of amides is 1. The van der Waals surface area contributed by atoms with Gasteiger partial charge in [0.05, 0.1) is 5.41 Å². The first-order valence-corrected chi connectivity index (χ1v) is 6.25. The number of halogens is 1. The molecule has 1 aliphatic rings. The van der Waals surface area contributed by atoms with E-state index in [4.69, 9.17) is 0 Å². The van der Waals surface area contributed by atoms with Crippen molar-refractivity contribution < 1.29 is 4.79 Å². The molecule has 4 heteroatoms. The fraction of sp³-hybridized carbons (Fsp3) is 0.500. The molecule has 1 amide bonds. The highest BCUT2D eigenvalue weighted by Gasteiger charge is 2.36. The van der Waals surface area contributed by atoms with E-state index >= 15 is 0 Å². The van der Waals surface area contributed by atoms with Gasteiger partial charge in [-0.05, 0) is 44.0 Å². The van der Waals surface area contributed by atoms with Gasteiger partial charge in [0, 0.05) is 12.2 Å². The van der Waals surface area contributed by atoms with Crippen molar-refractivity contribution in [2.75, 3.05) is 18.4 Å². The van der Waals surface area contributed by atoms with Gasteiger partial charge in [0.25, 0.3) is 0 Å². The van der Waals surface area contributed by atoms with Gasteiger partial charge in [0.2, 0.25) is 5.91 Å². The second kappa shape index (κ2) is 6.21. The van der Waals surface area contributed by atoms with Crippen molar-refractivity contribution in [1.82, 2.24) is 5.32 Å². The number of nitrogens with one attached hydrogen (secondary N) is 2. The van der Waals surface area contributed by atoms with Gasteiger partial charge in [-0.25, -0.2) is 0 Å². The van der Waals surface area contributed by atoms with Gasteiger partial charge in [-0.3, -0.25) is 4.79 Å². The van der Waals surface area contributed by atoms with E-state index in [2.05, 4.69) is 29.7 Å². The van der Waals surface area contributed by atoms with Crippen LogP contribution in [0.5, 0.6) is 0 Å². The molecule has 100 valence electrons. The summed E-state index contributed by atoms with van der Waals surface area (Å²) in [5, 5.41) is 6.23. The van der Waals surface area contributed by atoms with Gasteiger partial charge >= 0.3 is 0 Å². The molecule has 0 spiro atoms. The summed E-state index contributed by atoms with van der Waals surface area (Å²) >= 11 is 0. The van der Waals surface area contributed by atoms with E-state index in [1.807, 2.05) is 19.1 Å². The van der Waals surface area contributed by atoms with Crippen LogP contribution in [0.2, 0.25) is 0 Å². The summed E-state index contributed by atoms with van der Waals surface area (Å²) in [6.45, 7) is 5.84. The molecule has 0 aromatic heterocycles. The van der Waals surface area contributed by atoms with Crippen LogP contribution in [0.25, 0.3) is 0 Å². The fourth-order valence-corrected chi connectivity index (χ4v) is 2.12. The Morgan fingerprint density at radius 3 is 2.56 bits per heavy atom. The number of hydrogen-bond donors (Lipinski definition) is 2. The Labute approximate surface area is 115 Å². The maximum atomic E-state index is 12.1. The number of carbonyl (C=O) groups is 1. The second-order valence-electron chi connectivity index (χ2n) is 4.99. The molecule has 2 rings (SSSR count). The maximum absolute atomic E-state index is 12.1. The average Bonchev–Trinajstić information content (AvgIpc) is 2.78. The maximum Gasteiger partial charge on any atom is 0.231 e. The molecule has 3 nitrogen and oxygen atoms in total. The molecule has 1 aromatic rings. The van der Waals surface area contributed by atoms with Gasteiger partial charge in [0.1, 0.15) is 0 Å². The lowest BCUT2D eigenvalue weighted by molar-refractivity contribution is -0.123. The number of anilines is 1. The highest BCUT2D eigenvalue weighted by atomic mass is 35.5. The van der Waals surface area contributed by atoms with Crippen molar-refractivity contribution in [2.24, 2.45) is 5.41 Å². The predicted octanol–water partition coefficient (Wildman–Crippen LogP) is 2.61. The molecular weight excluding hydrogens is 248 g/mol. The van der Waals surface area contributed by atoms with Crippen molar-refractivity contribution >= 4 is 24.0 Å². The first kappa shape index (κ1) is 15.0. The van der Waals surface area contributed by atoms with Crippen LogP contribution < -0.4 is 10.6 Å². The van der Waals surface area contributed by atoms with Crippen LogP contribution in [-0.4, -0.2) is 19.0 Å². The largest absolute Gasteiger partial charge is 0.326 e. The van der Waals surface area contributed by atoms with E-state index in [1.165, 1.54) is 5.56 Å². The Morgan fingerprint density at radius 2 is 2.06 bits per heavy atom. The quantitative estimate of drug-likeness (QED) is 0.885. The highest BCUT2D eigenvalue weighted by Crippen LogP contribution is 2.26. The standard InChI is InChI=1S/C14H20N2O.ClH/c1-3-11-4-6-12(7-5-11)16-13(17)14(2)8-9-15-10-14;/h4-7,15H,3,8-10H2,1-2H3,(H,16,17);1H. The van der Waals surface area contributed by atoms with Crippen LogP contribution in [0.1, 0.15) is 25.8 Å². The van der Waals surface area contributed by atoms with E-state index in [1.54, 1.807) is 0 Å². The minimum atomic E-state index is -0.260. The van der Waals surface area contributed by atoms with Crippen molar-refractivity contribution in [2.45, 2.75) is 26.7 Å². The Bertz CT molecular complexity index is 397. The molecule has 0 aliphatic carbocycles. The number of aryl methyl sites for hydroxylation is 1. The summed E-state index contributed by atoms with van der Waals surface area (Å²) in [6, 6.07) is 8.07. The Kier molecular flexibility index (Phi) is 5.17. The lowest BCUT2D eigenvalue weighted by Gasteiger charge is -2.21. The zero-order valence-electron chi connectivity index (χ0n) is 11.0. The van der Waals surface area contributed by atoms with Crippen LogP contribution in [0, 0.1) is 5.41 Å². The van der Waals surface area contributed by atoms with Crippen LogP contribution in [0.4, 0.5) is 5.69 Å². The van der Waals surface area contributed by atoms with Crippen molar-refractivity contribution in [1.29, 1.82) is 0 Å². The Balaban J connectivity index is 0.00000162. The molecular formula is C14H21ClN2O. The van der Waals surface area contributed by atoms with Crippen LogP contribution in [-0.2, 0) is 11.2 Å². The summed E-state index contributed by atoms with van der Waals surface area (Å²) < 4.78 is 0. The molecule has 0 saturated carbocycles. The Hall–Kier alpha value is -1.06. The van der Waals surface area contributed by atoms with Gasteiger partial charge in [0.15, 0.2) is 0 Å². The summed E-state index contributed by atoms with van der Waals surface area (Å²) in [4.78, 5) is 12.1. The Morgan fingerprint density at radius 1 is 1.39 bits per heavy atom. The van der Waals surface area contributed by atoms with Gasteiger partial charge in [-0.1, -0.05) is 19.1 Å². The van der Waals surface area contributed by atoms with E-state index in [9.17, 15) is 4.79 Å². The van der Waals surface area contributed by atoms with Crippen molar-refractivity contribution in [3.8, 4) is 0 Å². The molecule has 18 heavy (non-hydrogen) atoms. The second-order valence-corrected chi connectivity index (χ2v) is 4.99. The lowest BCUT2D eigenvalue weighted by atomic mass is 9.89. The van der Waals surface area contributed by atoms with E-state index in [-0.39, 0.29) is 23.7 Å². The first-order valence-electron chi connectivity index (χ1n) is 6.25. The van der Waals surface area contributed by atoms with Gasteiger partial charge in [-0.2, -0.15) is 0 Å². The SMILES string of the molecule is CCc1ccc(NC(=O)C2(C)CCNC2)cc1.Cl. The molecule has 2 N–H and O–H groups in total. The smallest absolute Gasteiger partial charge is 0.231 e. The minimum Gasteiger partial charge on any atom is -0.326 e. The van der Waals surface area contributed by atoms with E-state index in [0.717, 1.165) is 31.6 Å². The third-order valence-corrected chi connectivity index (χ3v) is 3.54. The zero-order valence-corrected chi connectivity index (χ0v) is 11.8. The summed E-state index contributed by atoms with van der Waals surface area (Å²) in [5.41, 5.74) is 1.92. The van der Waals surface area contributed by atoms with Gasteiger partial charge in [-0.15, -0.1) is 12.4 Å². The van der Waals surface area contributed by atoms with Crippen molar-refractivity contribution in [3.63, 3.8) is 0 Å². The van der Waals surface area contributed by atoms with Crippen LogP contribution >= 0.6 is 12.4 Å². The van der Waals surface area contributed by atoms with E-state index < -0.39 is 0 Å². The topological polar surface area (TPSA) is 41.1 Å². The summed E-state index contributed by atoms with van der Waals surface area (Å²) in [7, 11) is 0. The third kappa shape index (κ3) is 3.24. The fourth-order valence-electron chi connectivity index (χ4n) is 2.12. The van der Waals surface area contributed by atoms with Crippen molar-refractivity contribution in [3.05, 3.63) is 29.8 Å². The average molecular weight is 269 g/mol. The summed E-state index contributed by atoms with van der Waals surface area (Å²) in [6.07, 6.45) is 1.93. The summed E-state index contributed by atoms with van der Waals surface area (Å²) in [5.74, 6) is 0.117. The number of carbonyl (C=O) groups excluding carboxylic acids is 1. The highest BCUT2D eigenvalue weighted by molar-refractivity contribution is 5.95.